The second-order valence-corrected chi connectivity index (χ2v) is 7.10. The van der Waals surface area contributed by atoms with E-state index in [0.717, 1.165) is 29.8 Å². The summed E-state index contributed by atoms with van der Waals surface area (Å²) in [4.78, 5) is 14.8. The summed E-state index contributed by atoms with van der Waals surface area (Å²) in [6, 6.07) is 13.9. The smallest absolute Gasteiger partial charge is 0.268 e. The van der Waals surface area contributed by atoms with E-state index in [4.69, 9.17) is 0 Å². The Balaban J connectivity index is 1.72. The van der Waals surface area contributed by atoms with Crippen LogP contribution in [-0.4, -0.2) is 17.0 Å². The molecule has 1 saturated carbocycles. The number of rotatable bonds is 2. The first-order chi connectivity index (χ1) is 12.5. The minimum atomic E-state index is -0.273. The number of carbonyl (C=O) groups excluding carboxylic acids is 1. The van der Waals surface area contributed by atoms with Crippen LogP contribution in [0.2, 0.25) is 0 Å². The highest BCUT2D eigenvalue weighted by Crippen LogP contribution is 2.56. The molecule has 0 atom stereocenters. The third kappa shape index (κ3) is 2.25. The van der Waals surface area contributed by atoms with Crippen LogP contribution in [0.1, 0.15) is 35.4 Å². The van der Waals surface area contributed by atoms with E-state index in [1.165, 1.54) is 5.56 Å². The van der Waals surface area contributed by atoms with E-state index in [0.29, 0.717) is 12.2 Å². The van der Waals surface area contributed by atoms with Gasteiger partial charge in [0.15, 0.2) is 0 Å². The number of nitrogens with zero attached hydrogens (tertiary/aromatic N) is 4. The molecular formula is C21H18N4O. The third-order valence-electron chi connectivity index (χ3n) is 5.67. The molecule has 1 amide bonds. The highest BCUT2D eigenvalue weighted by molar-refractivity contribution is 6.12. The zero-order chi connectivity index (χ0) is 18.5. The fraction of sp³-hybridized carbons (Fsp3) is 0.286. The van der Waals surface area contributed by atoms with Crippen molar-refractivity contribution in [3.63, 3.8) is 0 Å². The van der Waals surface area contributed by atoms with Gasteiger partial charge < -0.3 is 9.47 Å². The standard InChI is InChI=1S/C21H18N4O/c1-14-15(10-17(12-23)24(14)2)9-16(11-22)20(26)25-13-21(7-8-21)18-5-3-4-6-19(18)25/h3-6,9-10H,7-8,13H2,1-2H3/b16-9+. The molecule has 5 heteroatoms. The molecule has 0 N–H and O–H groups in total. The molecule has 1 fully saturated rings. The summed E-state index contributed by atoms with van der Waals surface area (Å²) in [5.41, 5.74) is 4.39. The van der Waals surface area contributed by atoms with Crippen LogP contribution in [0.3, 0.4) is 0 Å². The molecule has 0 unspecified atom stereocenters. The lowest BCUT2D eigenvalue weighted by molar-refractivity contribution is -0.114. The Morgan fingerprint density at radius 2 is 2.00 bits per heavy atom. The van der Waals surface area contributed by atoms with Gasteiger partial charge in [-0.3, -0.25) is 4.79 Å². The topological polar surface area (TPSA) is 72.8 Å². The number of nitriles is 2. The lowest BCUT2D eigenvalue weighted by Gasteiger charge is -2.17. The second kappa shape index (κ2) is 5.61. The van der Waals surface area contributed by atoms with Gasteiger partial charge in [-0.2, -0.15) is 10.5 Å². The van der Waals surface area contributed by atoms with Crippen molar-refractivity contribution in [2.45, 2.75) is 25.2 Å². The maximum absolute atomic E-state index is 13.1. The molecule has 2 heterocycles. The van der Waals surface area contributed by atoms with Gasteiger partial charge in [0.25, 0.3) is 5.91 Å². The van der Waals surface area contributed by atoms with Crippen molar-refractivity contribution in [2.24, 2.45) is 7.05 Å². The van der Waals surface area contributed by atoms with Crippen LogP contribution in [0.15, 0.2) is 35.9 Å². The van der Waals surface area contributed by atoms with Crippen molar-refractivity contribution in [3.05, 3.63) is 58.4 Å². The van der Waals surface area contributed by atoms with E-state index in [1.807, 2.05) is 25.1 Å². The molecule has 2 aromatic rings. The van der Waals surface area contributed by atoms with Crippen LogP contribution < -0.4 is 4.90 Å². The van der Waals surface area contributed by atoms with Crippen LogP contribution in [-0.2, 0) is 17.3 Å². The Bertz CT molecular complexity index is 1040. The molecular weight excluding hydrogens is 324 g/mol. The molecule has 128 valence electrons. The van der Waals surface area contributed by atoms with Gasteiger partial charge in [0, 0.05) is 30.4 Å². The van der Waals surface area contributed by atoms with Crippen LogP contribution >= 0.6 is 0 Å². The van der Waals surface area contributed by atoms with Gasteiger partial charge in [0.05, 0.1) is 0 Å². The lowest BCUT2D eigenvalue weighted by atomic mass is 9.99. The van der Waals surface area contributed by atoms with Crippen LogP contribution in [0.25, 0.3) is 6.08 Å². The SMILES string of the molecule is Cc1c(/C=C(\C#N)C(=O)N2CC3(CC3)c3ccccc32)cc(C#N)n1C. The number of aromatic nitrogens is 1. The minimum absolute atomic E-state index is 0.0868. The number of amides is 1. The maximum atomic E-state index is 13.1. The Morgan fingerprint density at radius 1 is 1.27 bits per heavy atom. The van der Waals surface area contributed by atoms with Crippen LogP contribution in [0.4, 0.5) is 5.69 Å². The van der Waals surface area contributed by atoms with Gasteiger partial charge in [-0.25, -0.2) is 0 Å². The summed E-state index contributed by atoms with van der Waals surface area (Å²) in [7, 11) is 1.80. The van der Waals surface area contributed by atoms with E-state index in [9.17, 15) is 15.3 Å². The normalized spacial score (nSPS) is 16.9. The van der Waals surface area contributed by atoms with Gasteiger partial charge in [-0.05, 0) is 49.1 Å². The van der Waals surface area contributed by atoms with Crippen molar-refractivity contribution in [1.29, 1.82) is 10.5 Å². The van der Waals surface area contributed by atoms with Gasteiger partial charge >= 0.3 is 0 Å². The molecule has 1 aromatic heterocycles. The molecule has 26 heavy (non-hydrogen) atoms. The molecule has 0 saturated heterocycles. The van der Waals surface area contributed by atoms with Crippen LogP contribution in [0, 0.1) is 29.6 Å². The minimum Gasteiger partial charge on any atom is -0.339 e. The number of hydrogen-bond donors (Lipinski definition) is 0. The fourth-order valence-electron chi connectivity index (χ4n) is 3.81. The van der Waals surface area contributed by atoms with E-state index in [1.54, 1.807) is 28.7 Å². The first-order valence-electron chi connectivity index (χ1n) is 8.60. The summed E-state index contributed by atoms with van der Waals surface area (Å²) in [5.74, 6) is -0.273. The van der Waals surface area contributed by atoms with E-state index < -0.39 is 0 Å². The zero-order valence-electron chi connectivity index (χ0n) is 14.8. The first kappa shape index (κ1) is 16.2. The predicted molar refractivity (Wildman–Crippen MR) is 98.2 cm³/mol. The summed E-state index contributed by atoms with van der Waals surface area (Å²) in [6.07, 6.45) is 3.77. The average Bonchev–Trinajstić information content (AvgIpc) is 3.30. The molecule has 2 aliphatic rings. The fourth-order valence-corrected chi connectivity index (χ4v) is 3.81. The maximum Gasteiger partial charge on any atom is 0.268 e. The average molecular weight is 342 g/mol. The molecule has 1 aromatic carbocycles. The van der Waals surface area contributed by atoms with Crippen molar-refractivity contribution >= 4 is 17.7 Å². The van der Waals surface area contributed by atoms with Crippen molar-refractivity contribution in [2.75, 3.05) is 11.4 Å². The van der Waals surface area contributed by atoms with E-state index in [-0.39, 0.29) is 16.9 Å². The Hall–Kier alpha value is -3.31. The molecule has 4 rings (SSSR count). The van der Waals surface area contributed by atoms with Gasteiger partial charge in [-0.15, -0.1) is 0 Å². The predicted octanol–water partition coefficient (Wildman–Crippen LogP) is 3.19. The monoisotopic (exact) mass is 342 g/mol. The molecule has 0 radical (unpaired) electrons. The Labute approximate surface area is 152 Å². The van der Waals surface area contributed by atoms with Crippen molar-refractivity contribution < 1.29 is 4.79 Å². The summed E-state index contributed by atoms with van der Waals surface area (Å²) >= 11 is 0. The zero-order valence-corrected chi connectivity index (χ0v) is 14.8. The van der Waals surface area contributed by atoms with Gasteiger partial charge in [0.2, 0.25) is 0 Å². The number of benzene rings is 1. The van der Waals surface area contributed by atoms with Crippen molar-refractivity contribution in [1.82, 2.24) is 4.57 Å². The lowest BCUT2D eigenvalue weighted by Crippen LogP contribution is -2.32. The van der Waals surface area contributed by atoms with Gasteiger partial charge in [0.1, 0.15) is 23.4 Å². The molecule has 1 aliphatic heterocycles. The van der Waals surface area contributed by atoms with E-state index >= 15 is 0 Å². The second-order valence-electron chi connectivity index (χ2n) is 7.10. The summed E-state index contributed by atoms with van der Waals surface area (Å²) < 4.78 is 1.76. The molecule has 1 spiro atoms. The van der Waals surface area contributed by atoms with Gasteiger partial charge in [-0.1, -0.05) is 18.2 Å². The first-order valence-corrected chi connectivity index (χ1v) is 8.60. The third-order valence-corrected chi connectivity index (χ3v) is 5.67. The summed E-state index contributed by atoms with van der Waals surface area (Å²) in [5, 5.41) is 18.8. The number of para-hydroxylation sites is 1. The number of hydrogen-bond acceptors (Lipinski definition) is 3. The largest absolute Gasteiger partial charge is 0.339 e. The number of fused-ring (bicyclic) bond motifs is 2. The highest BCUT2D eigenvalue weighted by Gasteiger charge is 2.53. The quantitative estimate of drug-likeness (QED) is 0.621. The van der Waals surface area contributed by atoms with Crippen molar-refractivity contribution in [3.8, 4) is 12.1 Å². The number of carbonyl (C=O) groups is 1. The highest BCUT2D eigenvalue weighted by atomic mass is 16.2. The summed E-state index contributed by atoms with van der Waals surface area (Å²) in [6.45, 7) is 2.51. The van der Waals surface area contributed by atoms with E-state index in [2.05, 4.69) is 18.2 Å². The molecule has 5 nitrogen and oxygen atoms in total. The number of anilines is 1. The van der Waals surface area contributed by atoms with Crippen LogP contribution in [0.5, 0.6) is 0 Å². The Kier molecular flexibility index (Phi) is 3.49. The Morgan fingerprint density at radius 3 is 2.62 bits per heavy atom. The molecule has 0 bridgehead atoms. The molecule has 1 aliphatic carbocycles.